The summed E-state index contributed by atoms with van der Waals surface area (Å²) >= 11 is 0. The second-order valence-corrected chi connectivity index (χ2v) is 3.36. The third kappa shape index (κ3) is 1.56. The summed E-state index contributed by atoms with van der Waals surface area (Å²) in [5.41, 5.74) is 7.40. The molecule has 1 aromatic heterocycles. The molecule has 0 bridgehead atoms. The van der Waals surface area contributed by atoms with E-state index in [4.69, 9.17) is 10.5 Å². The van der Waals surface area contributed by atoms with Crippen LogP contribution in [0.15, 0.2) is 18.2 Å². The Bertz CT molecular complexity index is 545. The van der Waals surface area contributed by atoms with Gasteiger partial charge in [-0.05, 0) is 12.1 Å². The lowest BCUT2D eigenvalue weighted by Gasteiger charge is -2.02. The maximum absolute atomic E-state index is 11.3. The number of nitrogens with one attached hydrogen (secondary N) is 1. The molecule has 3 N–H and O–H groups in total. The van der Waals surface area contributed by atoms with Crippen molar-refractivity contribution >= 4 is 22.6 Å². The Morgan fingerprint density at radius 1 is 1.31 bits per heavy atom. The summed E-state index contributed by atoms with van der Waals surface area (Å²) in [5, 5.41) is 0.817. The van der Waals surface area contributed by atoms with Crippen LogP contribution >= 0.6 is 0 Å². The number of nitrogens with two attached hydrogens (primary N) is 1. The average molecular weight is 220 g/mol. The van der Waals surface area contributed by atoms with Crippen LogP contribution in [0, 0.1) is 0 Å². The summed E-state index contributed by atoms with van der Waals surface area (Å²) in [5.74, 6) is 0.182. The van der Waals surface area contributed by atoms with E-state index in [-0.39, 0.29) is 0 Å². The minimum absolute atomic E-state index is 0.376. The number of hydrogen-bond acceptors (Lipinski definition) is 4. The minimum atomic E-state index is -0.420. The van der Waals surface area contributed by atoms with E-state index in [9.17, 15) is 4.79 Å². The van der Waals surface area contributed by atoms with Crippen molar-refractivity contribution in [2.75, 3.05) is 20.0 Å². The summed E-state index contributed by atoms with van der Waals surface area (Å²) in [6, 6.07) is 5.14. The Balaban J connectivity index is 2.64. The van der Waals surface area contributed by atoms with Crippen LogP contribution in [-0.4, -0.2) is 25.2 Å². The lowest BCUT2D eigenvalue weighted by atomic mass is 10.2. The van der Waals surface area contributed by atoms with Crippen molar-refractivity contribution < 1.29 is 14.3 Å². The first-order valence-corrected chi connectivity index (χ1v) is 4.70. The number of esters is 1. The standard InChI is InChI=1S/C11H12N2O3/c1-15-9-5-7(12)3-6-4-8(11(14)16-2)13-10(6)9/h3-5,13H,12H2,1-2H3. The minimum Gasteiger partial charge on any atom is -0.494 e. The topological polar surface area (TPSA) is 77.3 Å². The van der Waals surface area contributed by atoms with Gasteiger partial charge in [0.25, 0.3) is 0 Å². The number of aromatic nitrogens is 1. The Hall–Kier alpha value is -2.17. The molecule has 1 aromatic carbocycles. The molecule has 0 radical (unpaired) electrons. The second kappa shape index (κ2) is 3.77. The molecule has 0 saturated carbocycles. The molecular formula is C11H12N2O3. The van der Waals surface area contributed by atoms with E-state index >= 15 is 0 Å². The molecule has 16 heavy (non-hydrogen) atoms. The van der Waals surface area contributed by atoms with E-state index in [1.54, 1.807) is 25.3 Å². The van der Waals surface area contributed by atoms with Gasteiger partial charge in [-0.25, -0.2) is 4.79 Å². The fourth-order valence-corrected chi connectivity index (χ4v) is 1.61. The van der Waals surface area contributed by atoms with E-state index in [0.29, 0.717) is 17.1 Å². The van der Waals surface area contributed by atoms with Crippen LogP contribution in [-0.2, 0) is 4.74 Å². The maximum Gasteiger partial charge on any atom is 0.354 e. The number of carbonyl (C=O) groups is 1. The molecule has 0 spiro atoms. The zero-order chi connectivity index (χ0) is 11.7. The highest BCUT2D eigenvalue weighted by atomic mass is 16.5. The van der Waals surface area contributed by atoms with Gasteiger partial charge in [-0.2, -0.15) is 0 Å². The lowest BCUT2D eigenvalue weighted by Crippen LogP contribution is -2.00. The van der Waals surface area contributed by atoms with Crippen LogP contribution in [0.5, 0.6) is 5.75 Å². The molecule has 0 aliphatic carbocycles. The second-order valence-electron chi connectivity index (χ2n) is 3.36. The van der Waals surface area contributed by atoms with Crippen molar-refractivity contribution in [2.45, 2.75) is 0 Å². The first-order valence-electron chi connectivity index (χ1n) is 4.70. The predicted molar refractivity (Wildman–Crippen MR) is 60.6 cm³/mol. The Morgan fingerprint density at radius 3 is 2.69 bits per heavy atom. The summed E-state index contributed by atoms with van der Waals surface area (Å²) in [4.78, 5) is 14.3. The number of H-pyrrole nitrogens is 1. The predicted octanol–water partition coefficient (Wildman–Crippen LogP) is 1.55. The van der Waals surface area contributed by atoms with Crippen molar-refractivity contribution in [3.05, 3.63) is 23.9 Å². The molecule has 5 nitrogen and oxygen atoms in total. The third-order valence-corrected chi connectivity index (χ3v) is 2.34. The number of hydrogen-bond donors (Lipinski definition) is 2. The third-order valence-electron chi connectivity index (χ3n) is 2.34. The average Bonchev–Trinajstić information content (AvgIpc) is 2.70. The largest absolute Gasteiger partial charge is 0.494 e. The zero-order valence-corrected chi connectivity index (χ0v) is 9.03. The van der Waals surface area contributed by atoms with Gasteiger partial charge < -0.3 is 20.2 Å². The highest BCUT2D eigenvalue weighted by molar-refractivity contribution is 5.97. The van der Waals surface area contributed by atoms with Gasteiger partial charge >= 0.3 is 5.97 Å². The van der Waals surface area contributed by atoms with Gasteiger partial charge in [-0.1, -0.05) is 0 Å². The molecule has 0 aliphatic rings. The van der Waals surface area contributed by atoms with Gasteiger partial charge in [-0.15, -0.1) is 0 Å². The molecule has 0 saturated heterocycles. The Labute approximate surface area is 92.1 Å². The first kappa shape index (κ1) is 10.4. The summed E-state index contributed by atoms with van der Waals surface area (Å²) in [7, 11) is 2.88. The number of rotatable bonds is 2. The zero-order valence-electron chi connectivity index (χ0n) is 9.03. The highest BCUT2D eigenvalue weighted by Crippen LogP contribution is 2.28. The van der Waals surface area contributed by atoms with Gasteiger partial charge in [0.05, 0.1) is 19.7 Å². The normalized spacial score (nSPS) is 10.4. The highest BCUT2D eigenvalue weighted by Gasteiger charge is 2.12. The smallest absolute Gasteiger partial charge is 0.354 e. The van der Waals surface area contributed by atoms with Crippen LogP contribution in [0.2, 0.25) is 0 Å². The number of nitrogen functional groups attached to an aromatic ring is 1. The van der Waals surface area contributed by atoms with E-state index in [2.05, 4.69) is 9.72 Å². The maximum atomic E-state index is 11.3. The molecule has 84 valence electrons. The van der Waals surface area contributed by atoms with Gasteiger partial charge in [-0.3, -0.25) is 0 Å². The molecule has 5 heteroatoms. The van der Waals surface area contributed by atoms with Crippen LogP contribution < -0.4 is 10.5 Å². The quantitative estimate of drug-likeness (QED) is 0.594. The van der Waals surface area contributed by atoms with Crippen LogP contribution in [0.4, 0.5) is 5.69 Å². The van der Waals surface area contributed by atoms with Crippen molar-refractivity contribution in [1.82, 2.24) is 4.98 Å². The molecule has 0 fully saturated rings. The number of benzene rings is 1. The molecular weight excluding hydrogens is 208 g/mol. The van der Waals surface area contributed by atoms with E-state index in [1.165, 1.54) is 7.11 Å². The number of ether oxygens (including phenoxy) is 2. The Morgan fingerprint density at radius 2 is 2.06 bits per heavy atom. The number of anilines is 1. The molecule has 2 aromatic rings. The number of methoxy groups -OCH3 is 2. The van der Waals surface area contributed by atoms with Gasteiger partial charge in [0.1, 0.15) is 11.4 Å². The summed E-state index contributed by atoms with van der Waals surface area (Å²) in [6.07, 6.45) is 0. The monoisotopic (exact) mass is 220 g/mol. The lowest BCUT2D eigenvalue weighted by molar-refractivity contribution is 0.0595. The fourth-order valence-electron chi connectivity index (χ4n) is 1.61. The van der Waals surface area contributed by atoms with Gasteiger partial charge in [0, 0.05) is 17.1 Å². The fraction of sp³-hybridized carbons (Fsp3) is 0.182. The molecule has 0 atom stereocenters. The molecule has 0 amide bonds. The van der Waals surface area contributed by atoms with Gasteiger partial charge in [0.2, 0.25) is 0 Å². The van der Waals surface area contributed by atoms with Crippen molar-refractivity contribution in [3.8, 4) is 5.75 Å². The molecule has 1 heterocycles. The Kier molecular flexibility index (Phi) is 2.44. The van der Waals surface area contributed by atoms with Crippen LogP contribution in [0.1, 0.15) is 10.5 Å². The van der Waals surface area contributed by atoms with E-state index < -0.39 is 5.97 Å². The summed E-state index contributed by atoms with van der Waals surface area (Å²) < 4.78 is 9.80. The van der Waals surface area contributed by atoms with Crippen molar-refractivity contribution in [3.63, 3.8) is 0 Å². The van der Waals surface area contributed by atoms with Crippen LogP contribution in [0.3, 0.4) is 0 Å². The van der Waals surface area contributed by atoms with Crippen molar-refractivity contribution in [2.24, 2.45) is 0 Å². The van der Waals surface area contributed by atoms with E-state index in [0.717, 1.165) is 10.9 Å². The molecule has 0 unspecified atom stereocenters. The molecule has 2 rings (SSSR count). The molecule has 0 aliphatic heterocycles. The summed E-state index contributed by atoms with van der Waals surface area (Å²) in [6.45, 7) is 0. The number of carbonyl (C=O) groups excluding carboxylic acids is 1. The number of aromatic amines is 1. The number of fused-ring (bicyclic) bond motifs is 1. The van der Waals surface area contributed by atoms with Crippen LogP contribution in [0.25, 0.3) is 10.9 Å². The van der Waals surface area contributed by atoms with Gasteiger partial charge in [0.15, 0.2) is 0 Å². The first-order chi connectivity index (χ1) is 7.65. The van der Waals surface area contributed by atoms with E-state index in [1.807, 2.05) is 0 Å². The van der Waals surface area contributed by atoms with Crippen molar-refractivity contribution in [1.29, 1.82) is 0 Å². The SMILES string of the molecule is COC(=O)c1cc2cc(N)cc(OC)c2[nH]1.